The molecule has 3 saturated heterocycles. The van der Waals surface area contributed by atoms with E-state index in [1.807, 2.05) is 44.2 Å². The van der Waals surface area contributed by atoms with Gasteiger partial charge in [0.25, 0.3) is 0 Å². The Morgan fingerprint density at radius 2 is 1.90 bits per heavy atom. The lowest BCUT2D eigenvalue weighted by Crippen LogP contribution is -2.53. The Morgan fingerprint density at radius 3 is 2.71 bits per heavy atom. The van der Waals surface area contributed by atoms with Gasteiger partial charge in [-0.3, -0.25) is 0 Å². The smallest absolute Gasteiger partial charge is 0.187 e. The molecule has 0 N–H and O–H groups in total. The van der Waals surface area contributed by atoms with E-state index in [2.05, 4.69) is 0 Å². The Hall–Kier alpha value is -0.980. The zero-order valence-corrected chi connectivity index (χ0v) is 12.2. The molecule has 5 atom stereocenters. The van der Waals surface area contributed by atoms with E-state index in [1.165, 1.54) is 0 Å². The SMILES string of the molecule is CC1(C)O[C@H]2[C@@H](O1)[C@H]1CO[C@@H](O1)[C@@H]2OCc1ccccc1. The molecule has 114 valence electrons. The molecule has 3 aliphatic heterocycles. The number of fused-ring (bicyclic) bond motifs is 4. The number of hydrogen-bond donors (Lipinski definition) is 0. The molecular formula is C16H20O5. The Kier molecular flexibility index (Phi) is 3.28. The van der Waals surface area contributed by atoms with Crippen LogP contribution in [0.1, 0.15) is 19.4 Å². The van der Waals surface area contributed by atoms with Crippen molar-refractivity contribution < 1.29 is 23.7 Å². The molecule has 3 aliphatic rings. The quantitative estimate of drug-likeness (QED) is 0.851. The van der Waals surface area contributed by atoms with E-state index in [-0.39, 0.29) is 30.7 Å². The maximum atomic E-state index is 6.05. The molecule has 0 saturated carbocycles. The summed E-state index contributed by atoms with van der Waals surface area (Å²) in [6, 6.07) is 10.1. The van der Waals surface area contributed by atoms with Gasteiger partial charge in [-0.2, -0.15) is 0 Å². The molecule has 5 nitrogen and oxygen atoms in total. The first-order chi connectivity index (χ1) is 10.1. The normalized spacial score (nSPS) is 40.2. The summed E-state index contributed by atoms with van der Waals surface area (Å²) in [6.07, 6.45) is -0.957. The molecule has 2 bridgehead atoms. The van der Waals surface area contributed by atoms with Crippen molar-refractivity contribution in [2.24, 2.45) is 0 Å². The third-order valence-corrected chi connectivity index (χ3v) is 4.14. The highest BCUT2D eigenvalue weighted by Crippen LogP contribution is 2.41. The Bertz CT molecular complexity index is 503. The molecule has 0 amide bonds. The summed E-state index contributed by atoms with van der Waals surface area (Å²) in [5.41, 5.74) is 1.12. The summed E-state index contributed by atoms with van der Waals surface area (Å²) in [7, 11) is 0. The van der Waals surface area contributed by atoms with Gasteiger partial charge in [-0.15, -0.1) is 0 Å². The first-order valence-electron chi connectivity index (χ1n) is 7.41. The van der Waals surface area contributed by atoms with Crippen LogP contribution < -0.4 is 0 Å². The number of benzene rings is 1. The third-order valence-electron chi connectivity index (χ3n) is 4.14. The lowest BCUT2D eigenvalue weighted by atomic mass is 10.0. The van der Waals surface area contributed by atoms with Crippen molar-refractivity contribution in [3.05, 3.63) is 35.9 Å². The number of hydrogen-bond acceptors (Lipinski definition) is 5. The highest BCUT2D eigenvalue weighted by molar-refractivity contribution is 5.13. The van der Waals surface area contributed by atoms with Gasteiger partial charge in [0.2, 0.25) is 0 Å². The summed E-state index contributed by atoms with van der Waals surface area (Å²) in [6.45, 7) is 4.89. The van der Waals surface area contributed by atoms with Crippen LogP contribution in [0, 0.1) is 0 Å². The van der Waals surface area contributed by atoms with Crippen LogP contribution in [0.4, 0.5) is 0 Å². The minimum atomic E-state index is -0.600. The predicted octanol–water partition coefficient (Wildman–Crippen LogP) is 1.85. The van der Waals surface area contributed by atoms with Crippen molar-refractivity contribution in [1.29, 1.82) is 0 Å². The van der Waals surface area contributed by atoms with Gasteiger partial charge >= 0.3 is 0 Å². The van der Waals surface area contributed by atoms with Crippen LogP contribution in [-0.2, 0) is 30.3 Å². The summed E-state index contributed by atoms with van der Waals surface area (Å²) in [5, 5.41) is 0. The zero-order valence-electron chi connectivity index (χ0n) is 12.2. The minimum Gasteiger partial charge on any atom is -0.365 e. The third kappa shape index (κ3) is 2.49. The van der Waals surface area contributed by atoms with Crippen molar-refractivity contribution in [2.45, 2.75) is 56.9 Å². The molecule has 5 heteroatoms. The van der Waals surface area contributed by atoms with E-state index < -0.39 is 5.79 Å². The second-order valence-corrected chi connectivity index (χ2v) is 6.20. The molecule has 0 spiro atoms. The zero-order chi connectivity index (χ0) is 14.4. The van der Waals surface area contributed by atoms with Crippen LogP contribution in [0.5, 0.6) is 0 Å². The number of ether oxygens (including phenoxy) is 5. The first-order valence-corrected chi connectivity index (χ1v) is 7.41. The van der Waals surface area contributed by atoms with Gasteiger partial charge < -0.3 is 23.7 Å². The van der Waals surface area contributed by atoms with E-state index >= 15 is 0 Å². The van der Waals surface area contributed by atoms with Crippen molar-refractivity contribution in [2.75, 3.05) is 6.61 Å². The molecule has 4 rings (SSSR count). The van der Waals surface area contributed by atoms with E-state index in [0.717, 1.165) is 5.56 Å². The lowest BCUT2D eigenvalue weighted by Gasteiger charge is -2.34. The molecule has 0 radical (unpaired) electrons. The van der Waals surface area contributed by atoms with Crippen LogP contribution in [0.3, 0.4) is 0 Å². The van der Waals surface area contributed by atoms with Gasteiger partial charge in [0, 0.05) is 0 Å². The van der Waals surface area contributed by atoms with E-state index in [9.17, 15) is 0 Å². The monoisotopic (exact) mass is 292 g/mol. The van der Waals surface area contributed by atoms with Crippen LogP contribution >= 0.6 is 0 Å². The van der Waals surface area contributed by atoms with E-state index in [0.29, 0.717) is 13.2 Å². The Labute approximate surface area is 124 Å². The standard InChI is InChI=1S/C16H20O5/c1-16(2)20-12-11-9-18-15(19-11)14(13(12)21-16)17-8-10-6-4-3-5-7-10/h3-7,11-15H,8-9H2,1-2H3/t11-,12+,13+,14-,15+/m1/s1. The summed E-state index contributed by atoms with van der Waals surface area (Å²) in [5.74, 6) is -0.600. The van der Waals surface area contributed by atoms with Gasteiger partial charge in [0.1, 0.15) is 24.4 Å². The predicted molar refractivity (Wildman–Crippen MR) is 73.5 cm³/mol. The van der Waals surface area contributed by atoms with Gasteiger partial charge in [-0.25, -0.2) is 0 Å². The first kappa shape index (κ1) is 13.7. The van der Waals surface area contributed by atoms with Crippen molar-refractivity contribution >= 4 is 0 Å². The van der Waals surface area contributed by atoms with Crippen molar-refractivity contribution in [3.63, 3.8) is 0 Å². The van der Waals surface area contributed by atoms with Crippen LogP contribution in [0.2, 0.25) is 0 Å². The molecule has 3 heterocycles. The second-order valence-electron chi connectivity index (χ2n) is 6.20. The Balaban J connectivity index is 1.50. The minimum absolute atomic E-state index is 0.0571. The highest BCUT2D eigenvalue weighted by Gasteiger charge is 2.58. The Morgan fingerprint density at radius 1 is 1.14 bits per heavy atom. The molecular weight excluding hydrogens is 272 g/mol. The van der Waals surface area contributed by atoms with Gasteiger partial charge in [-0.05, 0) is 19.4 Å². The van der Waals surface area contributed by atoms with Crippen molar-refractivity contribution in [1.82, 2.24) is 0 Å². The fourth-order valence-electron chi connectivity index (χ4n) is 3.24. The van der Waals surface area contributed by atoms with Crippen LogP contribution in [-0.4, -0.2) is 43.1 Å². The topological polar surface area (TPSA) is 46.2 Å². The maximum Gasteiger partial charge on any atom is 0.187 e. The van der Waals surface area contributed by atoms with E-state index in [4.69, 9.17) is 23.7 Å². The molecule has 21 heavy (non-hydrogen) atoms. The summed E-state index contributed by atoms with van der Waals surface area (Å²) in [4.78, 5) is 0. The lowest BCUT2D eigenvalue weighted by molar-refractivity contribution is -0.225. The van der Waals surface area contributed by atoms with Crippen molar-refractivity contribution in [3.8, 4) is 0 Å². The van der Waals surface area contributed by atoms with E-state index in [1.54, 1.807) is 0 Å². The summed E-state index contributed by atoms with van der Waals surface area (Å²) >= 11 is 0. The molecule has 0 unspecified atom stereocenters. The fraction of sp³-hybridized carbons (Fsp3) is 0.625. The fourth-order valence-corrected chi connectivity index (χ4v) is 3.24. The summed E-state index contributed by atoms with van der Waals surface area (Å²) < 4.78 is 29.6. The molecule has 1 aromatic carbocycles. The van der Waals surface area contributed by atoms with Gasteiger partial charge in [0.15, 0.2) is 12.1 Å². The molecule has 3 fully saturated rings. The van der Waals surface area contributed by atoms with Gasteiger partial charge in [-0.1, -0.05) is 30.3 Å². The van der Waals surface area contributed by atoms with Gasteiger partial charge in [0.05, 0.1) is 13.2 Å². The second kappa shape index (κ2) is 5.04. The largest absolute Gasteiger partial charge is 0.365 e. The molecule has 0 aromatic heterocycles. The molecule has 0 aliphatic carbocycles. The number of rotatable bonds is 3. The average molecular weight is 292 g/mol. The van der Waals surface area contributed by atoms with Crippen LogP contribution in [0.15, 0.2) is 30.3 Å². The highest BCUT2D eigenvalue weighted by atomic mass is 16.8. The van der Waals surface area contributed by atoms with Crippen LogP contribution in [0.25, 0.3) is 0 Å². The maximum absolute atomic E-state index is 6.05. The average Bonchev–Trinajstić information content (AvgIpc) is 3.03. The molecule has 1 aromatic rings.